The maximum Gasteiger partial charge on any atom is 0.264 e. The highest BCUT2D eigenvalue weighted by atomic mass is 32.1. The van der Waals surface area contributed by atoms with Crippen LogP contribution in [-0.4, -0.2) is 47.9 Å². The second kappa shape index (κ2) is 6.27. The van der Waals surface area contributed by atoms with E-state index in [2.05, 4.69) is 11.8 Å². The van der Waals surface area contributed by atoms with E-state index in [9.17, 15) is 4.79 Å². The van der Waals surface area contributed by atoms with Crippen LogP contribution in [-0.2, 0) is 0 Å². The van der Waals surface area contributed by atoms with Crippen LogP contribution in [0.2, 0.25) is 0 Å². The summed E-state index contributed by atoms with van der Waals surface area (Å²) in [4.78, 5) is 17.8. The molecule has 110 valence electrons. The minimum absolute atomic E-state index is 0.219. The molecule has 0 spiro atoms. The van der Waals surface area contributed by atoms with Gasteiger partial charge in [0.1, 0.15) is 0 Å². The van der Waals surface area contributed by atoms with Crippen molar-refractivity contribution in [3.63, 3.8) is 0 Å². The summed E-state index contributed by atoms with van der Waals surface area (Å²) in [7, 11) is 0. The molecule has 2 heterocycles. The Kier molecular flexibility index (Phi) is 4.41. The molecular weight excluding hydrogens is 268 g/mol. The van der Waals surface area contributed by atoms with Crippen LogP contribution in [0.1, 0.15) is 42.3 Å². The highest BCUT2D eigenvalue weighted by Gasteiger charge is 2.29. The maximum absolute atomic E-state index is 12.3. The molecule has 2 aliphatic rings. The van der Waals surface area contributed by atoms with Gasteiger partial charge in [-0.2, -0.15) is 0 Å². The van der Waals surface area contributed by atoms with Crippen LogP contribution in [0.25, 0.3) is 0 Å². The minimum atomic E-state index is 0.219. The van der Waals surface area contributed by atoms with Crippen LogP contribution in [0.4, 0.5) is 0 Å². The monoisotopic (exact) mass is 292 g/mol. The Morgan fingerprint density at radius 1 is 1.25 bits per heavy atom. The Labute approximate surface area is 125 Å². The minimum Gasteiger partial charge on any atom is -0.335 e. The number of rotatable bonds is 2. The number of piperazine rings is 1. The first-order valence-corrected chi connectivity index (χ1v) is 8.69. The van der Waals surface area contributed by atoms with Crippen molar-refractivity contribution in [3.8, 4) is 0 Å². The number of thiophene rings is 1. The van der Waals surface area contributed by atoms with Crippen molar-refractivity contribution in [2.75, 3.05) is 26.2 Å². The lowest BCUT2D eigenvalue weighted by molar-refractivity contribution is 0.0493. The van der Waals surface area contributed by atoms with Crippen LogP contribution in [0.5, 0.6) is 0 Å². The summed E-state index contributed by atoms with van der Waals surface area (Å²) in [5.74, 6) is 1.09. The van der Waals surface area contributed by atoms with Crippen molar-refractivity contribution in [2.45, 2.75) is 38.6 Å². The van der Waals surface area contributed by atoms with Crippen LogP contribution in [0.3, 0.4) is 0 Å². The van der Waals surface area contributed by atoms with Gasteiger partial charge in [0.2, 0.25) is 0 Å². The number of carbonyl (C=O) groups excluding carboxylic acids is 1. The van der Waals surface area contributed by atoms with Crippen LogP contribution >= 0.6 is 11.3 Å². The first-order chi connectivity index (χ1) is 9.74. The molecule has 3 rings (SSSR count). The van der Waals surface area contributed by atoms with E-state index >= 15 is 0 Å². The molecule has 1 aliphatic heterocycles. The van der Waals surface area contributed by atoms with Crippen LogP contribution < -0.4 is 0 Å². The number of hydrogen-bond donors (Lipinski definition) is 0. The van der Waals surface area contributed by atoms with Crippen molar-refractivity contribution >= 4 is 17.2 Å². The average molecular weight is 292 g/mol. The molecule has 20 heavy (non-hydrogen) atoms. The van der Waals surface area contributed by atoms with Gasteiger partial charge in [0.25, 0.3) is 5.91 Å². The average Bonchev–Trinajstić information content (AvgIpc) is 3.01. The molecule has 2 fully saturated rings. The Morgan fingerprint density at radius 3 is 2.70 bits per heavy atom. The van der Waals surface area contributed by atoms with Gasteiger partial charge in [-0.1, -0.05) is 25.8 Å². The van der Waals surface area contributed by atoms with Gasteiger partial charge in [-0.05, 0) is 30.2 Å². The molecule has 1 amide bonds. The summed E-state index contributed by atoms with van der Waals surface area (Å²) in [5, 5.41) is 1.98. The van der Waals surface area contributed by atoms with Crippen molar-refractivity contribution in [3.05, 3.63) is 22.4 Å². The normalized spacial score (nSPS) is 28.6. The second-order valence-corrected chi connectivity index (χ2v) is 7.18. The van der Waals surface area contributed by atoms with Gasteiger partial charge < -0.3 is 4.90 Å². The molecule has 1 aromatic heterocycles. The summed E-state index contributed by atoms with van der Waals surface area (Å²) < 4.78 is 0. The first-order valence-electron chi connectivity index (χ1n) is 7.81. The first kappa shape index (κ1) is 14.1. The standard InChI is InChI=1S/C16H24N2OS/c1-13-4-2-5-14(12-13)17-7-9-18(10-8-17)16(19)15-6-3-11-20-15/h3,6,11,13-14H,2,4-5,7-10,12H2,1H3/t13-,14+/m1/s1. The zero-order chi connectivity index (χ0) is 13.9. The molecule has 0 bridgehead atoms. The van der Waals surface area contributed by atoms with Crippen molar-refractivity contribution in [2.24, 2.45) is 5.92 Å². The quantitative estimate of drug-likeness (QED) is 0.836. The number of nitrogens with zero attached hydrogens (tertiary/aromatic N) is 2. The molecule has 0 unspecified atom stereocenters. The zero-order valence-corrected chi connectivity index (χ0v) is 13.1. The summed E-state index contributed by atoms with van der Waals surface area (Å²) >= 11 is 1.55. The van der Waals surface area contributed by atoms with Crippen LogP contribution in [0, 0.1) is 5.92 Å². The Balaban J connectivity index is 1.53. The van der Waals surface area contributed by atoms with Crippen molar-refractivity contribution in [1.29, 1.82) is 0 Å². The van der Waals surface area contributed by atoms with Gasteiger partial charge in [-0.25, -0.2) is 0 Å². The number of amides is 1. The lowest BCUT2D eigenvalue weighted by Crippen LogP contribution is -2.52. The number of carbonyl (C=O) groups is 1. The smallest absolute Gasteiger partial charge is 0.264 e. The van der Waals surface area contributed by atoms with E-state index in [0.717, 1.165) is 43.0 Å². The summed E-state index contributed by atoms with van der Waals surface area (Å²) in [6, 6.07) is 4.65. The molecule has 1 aromatic rings. The molecule has 1 aliphatic carbocycles. The molecular formula is C16H24N2OS. The predicted molar refractivity (Wildman–Crippen MR) is 83.2 cm³/mol. The predicted octanol–water partition coefficient (Wildman–Crippen LogP) is 3.08. The number of hydrogen-bond acceptors (Lipinski definition) is 3. The highest BCUT2D eigenvalue weighted by molar-refractivity contribution is 7.12. The molecule has 4 heteroatoms. The highest BCUT2D eigenvalue weighted by Crippen LogP contribution is 2.28. The fourth-order valence-corrected chi connectivity index (χ4v) is 4.27. The fourth-order valence-electron chi connectivity index (χ4n) is 3.58. The zero-order valence-electron chi connectivity index (χ0n) is 12.3. The van der Waals surface area contributed by atoms with Gasteiger partial charge in [-0.3, -0.25) is 9.69 Å². The lowest BCUT2D eigenvalue weighted by atomic mass is 9.86. The second-order valence-electron chi connectivity index (χ2n) is 6.23. The van der Waals surface area contributed by atoms with E-state index in [1.807, 2.05) is 22.4 Å². The van der Waals surface area contributed by atoms with Crippen molar-refractivity contribution in [1.82, 2.24) is 9.80 Å². The van der Waals surface area contributed by atoms with E-state index in [1.165, 1.54) is 25.7 Å². The topological polar surface area (TPSA) is 23.6 Å². The SMILES string of the molecule is C[C@@H]1CCC[C@H](N2CCN(C(=O)c3cccs3)CC2)C1. The van der Waals surface area contributed by atoms with Gasteiger partial charge >= 0.3 is 0 Å². The third-order valence-corrected chi connectivity index (χ3v) is 5.62. The van der Waals surface area contributed by atoms with E-state index in [4.69, 9.17) is 0 Å². The van der Waals surface area contributed by atoms with E-state index < -0.39 is 0 Å². The van der Waals surface area contributed by atoms with E-state index in [1.54, 1.807) is 11.3 Å². The molecule has 1 saturated carbocycles. The van der Waals surface area contributed by atoms with Gasteiger partial charge in [-0.15, -0.1) is 11.3 Å². The van der Waals surface area contributed by atoms with E-state index in [0.29, 0.717) is 0 Å². The van der Waals surface area contributed by atoms with Crippen molar-refractivity contribution < 1.29 is 4.79 Å². The molecule has 0 N–H and O–H groups in total. The Hall–Kier alpha value is -0.870. The summed E-state index contributed by atoms with van der Waals surface area (Å²) in [5.41, 5.74) is 0. The van der Waals surface area contributed by atoms with Crippen LogP contribution in [0.15, 0.2) is 17.5 Å². The third-order valence-electron chi connectivity index (χ3n) is 4.76. The molecule has 1 saturated heterocycles. The van der Waals surface area contributed by atoms with E-state index in [-0.39, 0.29) is 5.91 Å². The molecule has 2 atom stereocenters. The van der Waals surface area contributed by atoms with Gasteiger partial charge in [0.05, 0.1) is 4.88 Å². The molecule has 0 aromatic carbocycles. The molecule has 3 nitrogen and oxygen atoms in total. The largest absolute Gasteiger partial charge is 0.335 e. The summed E-state index contributed by atoms with van der Waals surface area (Å²) in [6.07, 6.45) is 5.47. The third kappa shape index (κ3) is 3.07. The lowest BCUT2D eigenvalue weighted by Gasteiger charge is -2.41. The maximum atomic E-state index is 12.3. The Bertz CT molecular complexity index is 437. The Morgan fingerprint density at radius 2 is 2.05 bits per heavy atom. The molecule has 0 radical (unpaired) electrons. The van der Waals surface area contributed by atoms with Gasteiger partial charge in [0.15, 0.2) is 0 Å². The summed E-state index contributed by atoms with van der Waals surface area (Å²) in [6.45, 7) is 6.26. The fraction of sp³-hybridized carbons (Fsp3) is 0.688. The van der Waals surface area contributed by atoms with Gasteiger partial charge in [0, 0.05) is 32.2 Å².